The number of carbonyl (C=O) groups is 1. The Labute approximate surface area is 99.9 Å². The number of rotatable bonds is 3. The van der Waals surface area contributed by atoms with Crippen molar-refractivity contribution in [2.45, 2.75) is 13.0 Å². The van der Waals surface area contributed by atoms with Crippen LogP contribution in [0.25, 0.3) is 0 Å². The Morgan fingerprint density at radius 3 is 2.71 bits per heavy atom. The third-order valence-corrected chi connectivity index (χ3v) is 2.78. The van der Waals surface area contributed by atoms with Crippen LogP contribution in [0.4, 0.5) is 0 Å². The van der Waals surface area contributed by atoms with Crippen molar-refractivity contribution in [1.82, 2.24) is 9.55 Å². The zero-order chi connectivity index (χ0) is 12.3. The average Bonchev–Trinajstić information content (AvgIpc) is 2.87. The fourth-order valence-electron chi connectivity index (χ4n) is 1.81. The van der Waals surface area contributed by atoms with E-state index in [0.717, 1.165) is 5.56 Å². The predicted octanol–water partition coefficient (Wildman–Crippen LogP) is 2.28. The molecule has 17 heavy (non-hydrogen) atoms. The fourth-order valence-corrected chi connectivity index (χ4v) is 1.81. The molecule has 1 unspecified atom stereocenters. The summed E-state index contributed by atoms with van der Waals surface area (Å²) in [5, 5.41) is 0. The molecule has 0 N–H and O–H groups in total. The van der Waals surface area contributed by atoms with E-state index >= 15 is 0 Å². The summed E-state index contributed by atoms with van der Waals surface area (Å²) in [4.78, 5) is 15.6. The molecule has 88 valence electrons. The largest absolute Gasteiger partial charge is 0.464 e. The smallest absolute Gasteiger partial charge is 0.354 e. The number of hydrogen-bond acceptors (Lipinski definition) is 3. The van der Waals surface area contributed by atoms with Crippen molar-refractivity contribution in [1.29, 1.82) is 0 Å². The molecule has 0 fully saturated rings. The van der Waals surface area contributed by atoms with Gasteiger partial charge in [-0.05, 0) is 36.8 Å². The highest BCUT2D eigenvalue weighted by molar-refractivity contribution is 5.87. The fraction of sp³-hybridized carbons (Fsp3) is 0.231. The molecule has 0 aliphatic carbocycles. The van der Waals surface area contributed by atoms with Crippen molar-refractivity contribution in [2.75, 3.05) is 7.11 Å². The maximum absolute atomic E-state index is 11.6. The topological polar surface area (TPSA) is 44.1 Å². The molecule has 1 atom stereocenters. The molecule has 2 heterocycles. The normalized spacial score (nSPS) is 12.1. The molecule has 0 aliphatic rings. The van der Waals surface area contributed by atoms with Crippen molar-refractivity contribution in [3.05, 3.63) is 54.1 Å². The second-order valence-corrected chi connectivity index (χ2v) is 3.75. The Balaban J connectivity index is 2.35. The summed E-state index contributed by atoms with van der Waals surface area (Å²) < 4.78 is 6.64. The van der Waals surface area contributed by atoms with Gasteiger partial charge in [-0.3, -0.25) is 4.98 Å². The third kappa shape index (κ3) is 2.20. The van der Waals surface area contributed by atoms with Crippen LogP contribution >= 0.6 is 0 Å². The van der Waals surface area contributed by atoms with Gasteiger partial charge >= 0.3 is 5.97 Å². The Bertz CT molecular complexity index is 505. The second kappa shape index (κ2) is 4.82. The minimum Gasteiger partial charge on any atom is -0.464 e. The van der Waals surface area contributed by atoms with Crippen molar-refractivity contribution < 1.29 is 9.53 Å². The quantitative estimate of drug-likeness (QED) is 0.760. The second-order valence-electron chi connectivity index (χ2n) is 3.75. The Morgan fingerprint density at radius 1 is 1.35 bits per heavy atom. The lowest BCUT2D eigenvalue weighted by atomic mass is 10.1. The highest BCUT2D eigenvalue weighted by atomic mass is 16.5. The maximum Gasteiger partial charge on any atom is 0.354 e. The predicted molar refractivity (Wildman–Crippen MR) is 63.8 cm³/mol. The SMILES string of the molecule is COC(=O)c1cccn1C(C)c1ccncc1. The van der Waals surface area contributed by atoms with Crippen LogP contribution in [-0.2, 0) is 4.74 Å². The monoisotopic (exact) mass is 230 g/mol. The zero-order valence-electron chi connectivity index (χ0n) is 9.83. The van der Waals surface area contributed by atoms with Crippen molar-refractivity contribution in [3.63, 3.8) is 0 Å². The summed E-state index contributed by atoms with van der Waals surface area (Å²) >= 11 is 0. The zero-order valence-corrected chi connectivity index (χ0v) is 9.83. The number of esters is 1. The number of ether oxygens (including phenoxy) is 1. The third-order valence-electron chi connectivity index (χ3n) is 2.78. The summed E-state index contributed by atoms with van der Waals surface area (Å²) in [6.07, 6.45) is 5.36. The van der Waals surface area contributed by atoms with Crippen molar-refractivity contribution >= 4 is 5.97 Å². The standard InChI is InChI=1S/C13H14N2O2/c1-10(11-5-7-14-8-6-11)15-9-3-4-12(15)13(16)17-2/h3-10H,1-2H3. The van der Waals surface area contributed by atoms with E-state index in [9.17, 15) is 4.79 Å². The average molecular weight is 230 g/mol. The highest BCUT2D eigenvalue weighted by Gasteiger charge is 2.15. The van der Waals surface area contributed by atoms with Gasteiger partial charge in [-0.1, -0.05) is 0 Å². The summed E-state index contributed by atoms with van der Waals surface area (Å²) in [7, 11) is 1.39. The minimum atomic E-state index is -0.323. The van der Waals surface area contributed by atoms with Gasteiger partial charge in [0.1, 0.15) is 5.69 Å². The molecule has 0 saturated carbocycles. The molecule has 0 spiro atoms. The number of nitrogens with zero attached hydrogens (tertiary/aromatic N) is 2. The molecular weight excluding hydrogens is 216 g/mol. The van der Waals surface area contributed by atoms with E-state index in [1.165, 1.54) is 7.11 Å². The van der Waals surface area contributed by atoms with Crippen LogP contribution in [0.5, 0.6) is 0 Å². The molecule has 0 aromatic carbocycles. The lowest BCUT2D eigenvalue weighted by Crippen LogP contribution is -2.14. The molecule has 0 radical (unpaired) electrons. The van der Waals surface area contributed by atoms with E-state index in [1.807, 2.05) is 35.9 Å². The first-order valence-electron chi connectivity index (χ1n) is 5.39. The Morgan fingerprint density at radius 2 is 2.06 bits per heavy atom. The van der Waals surface area contributed by atoms with Crippen molar-refractivity contribution in [3.8, 4) is 0 Å². The highest BCUT2D eigenvalue weighted by Crippen LogP contribution is 2.20. The van der Waals surface area contributed by atoms with Gasteiger partial charge in [-0.15, -0.1) is 0 Å². The number of aromatic nitrogens is 2. The molecule has 0 amide bonds. The first-order valence-corrected chi connectivity index (χ1v) is 5.39. The number of pyridine rings is 1. The molecule has 4 heteroatoms. The van der Waals surface area contributed by atoms with Crippen LogP contribution in [0.2, 0.25) is 0 Å². The van der Waals surface area contributed by atoms with Gasteiger partial charge in [-0.2, -0.15) is 0 Å². The van der Waals surface area contributed by atoms with Gasteiger partial charge in [-0.25, -0.2) is 4.79 Å². The van der Waals surface area contributed by atoms with E-state index < -0.39 is 0 Å². The summed E-state index contributed by atoms with van der Waals surface area (Å²) in [6.45, 7) is 2.03. The van der Waals surface area contributed by atoms with Gasteiger partial charge in [0.25, 0.3) is 0 Å². The molecule has 4 nitrogen and oxygen atoms in total. The molecule has 0 saturated heterocycles. The lowest BCUT2D eigenvalue weighted by molar-refractivity contribution is 0.0587. The number of carbonyl (C=O) groups excluding carboxylic acids is 1. The van der Waals surface area contributed by atoms with Crippen LogP contribution in [0, 0.1) is 0 Å². The Kier molecular flexibility index (Phi) is 3.23. The Hall–Kier alpha value is -2.10. The first kappa shape index (κ1) is 11.4. The van der Waals surface area contributed by atoms with Gasteiger partial charge in [0.2, 0.25) is 0 Å². The molecule has 0 bridgehead atoms. The van der Waals surface area contributed by atoms with E-state index in [4.69, 9.17) is 4.74 Å². The van der Waals surface area contributed by atoms with Crippen LogP contribution in [0.1, 0.15) is 29.0 Å². The first-order chi connectivity index (χ1) is 8.24. The minimum absolute atomic E-state index is 0.0714. The van der Waals surface area contributed by atoms with Crippen LogP contribution in [-0.4, -0.2) is 22.6 Å². The van der Waals surface area contributed by atoms with E-state index in [1.54, 1.807) is 18.5 Å². The molecular formula is C13H14N2O2. The van der Waals surface area contributed by atoms with Gasteiger partial charge in [0, 0.05) is 18.6 Å². The number of hydrogen-bond donors (Lipinski definition) is 0. The van der Waals surface area contributed by atoms with Crippen LogP contribution < -0.4 is 0 Å². The molecule has 2 aromatic rings. The van der Waals surface area contributed by atoms with Crippen molar-refractivity contribution in [2.24, 2.45) is 0 Å². The molecule has 2 rings (SSSR count). The number of methoxy groups -OCH3 is 1. The molecule has 2 aromatic heterocycles. The van der Waals surface area contributed by atoms with Gasteiger partial charge < -0.3 is 9.30 Å². The lowest BCUT2D eigenvalue weighted by Gasteiger charge is -2.16. The maximum atomic E-state index is 11.6. The van der Waals surface area contributed by atoms with E-state index in [-0.39, 0.29) is 12.0 Å². The van der Waals surface area contributed by atoms with Crippen LogP contribution in [0.15, 0.2) is 42.9 Å². The van der Waals surface area contributed by atoms with Gasteiger partial charge in [0.05, 0.1) is 13.2 Å². The van der Waals surface area contributed by atoms with Crippen LogP contribution in [0.3, 0.4) is 0 Å². The van der Waals surface area contributed by atoms with E-state index in [0.29, 0.717) is 5.69 Å². The summed E-state index contributed by atoms with van der Waals surface area (Å²) in [5.74, 6) is -0.323. The summed E-state index contributed by atoms with van der Waals surface area (Å²) in [6, 6.07) is 7.53. The molecule has 0 aliphatic heterocycles. The summed E-state index contributed by atoms with van der Waals surface area (Å²) in [5.41, 5.74) is 1.65. The van der Waals surface area contributed by atoms with Gasteiger partial charge in [0.15, 0.2) is 0 Å². The van der Waals surface area contributed by atoms with E-state index in [2.05, 4.69) is 4.98 Å².